The SMILES string of the molecule is CCOCCS(=O)(=O)c1nc2ccc(N)cc2s1. The van der Waals surface area contributed by atoms with Crippen molar-refractivity contribution < 1.29 is 13.2 Å². The third kappa shape index (κ3) is 2.80. The Labute approximate surface area is 110 Å². The monoisotopic (exact) mass is 286 g/mol. The Morgan fingerprint density at radius 1 is 1.44 bits per heavy atom. The van der Waals surface area contributed by atoms with Crippen molar-refractivity contribution in [1.82, 2.24) is 4.98 Å². The lowest BCUT2D eigenvalue weighted by atomic mass is 10.3. The van der Waals surface area contributed by atoms with Gasteiger partial charge in [0.25, 0.3) is 0 Å². The summed E-state index contributed by atoms with van der Waals surface area (Å²) in [4.78, 5) is 4.12. The van der Waals surface area contributed by atoms with Crippen molar-refractivity contribution in [3.63, 3.8) is 0 Å². The average Bonchev–Trinajstić information content (AvgIpc) is 2.72. The van der Waals surface area contributed by atoms with Gasteiger partial charge in [-0.05, 0) is 25.1 Å². The van der Waals surface area contributed by atoms with Crippen molar-refractivity contribution >= 4 is 37.1 Å². The summed E-state index contributed by atoms with van der Waals surface area (Å²) in [5.41, 5.74) is 6.91. The van der Waals surface area contributed by atoms with Crippen LogP contribution in [-0.4, -0.2) is 32.4 Å². The van der Waals surface area contributed by atoms with Gasteiger partial charge in [0, 0.05) is 12.3 Å². The van der Waals surface area contributed by atoms with Crippen LogP contribution in [0.3, 0.4) is 0 Å². The summed E-state index contributed by atoms with van der Waals surface area (Å²) in [5.74, 6) is -0.0455. The summed E-state index contributed by atoms with van der Waals surface area (Å²) >= 11 is 1.14. The maximum atomic E-state index is 12.0. The zero-order chi connectivity index (χ0) is 13.2. The molecular weight excluding hydrogens is 272 g/mol. The molecule has 0 saturated carbocycles. The molecule has 5 nitrogen and oxygen atoms in total. The molecule has 0 aliphatic carbocycles. The molecule has 2 rings (SSSR count). The molecule has 18 heavy (non-hydrogen) atoms. The molecule has 0 unspecified atom stereocenters. The molecule has 0 amide bonds. The predicted octanol–water partition coefficient (Wildman–Crippen LogP) is 1.69. The molecule has 0 atom stereocenters. The van der Waals surface area contributed by atoms with Crippen molar-refractivity contribution in [3.05, 3.63) is 18.2 Å². The number of hydrogen-bond donors (Lipinski definition) is 1. The summed E-state index contributed by atoms with van der Waals surface area (Å²) in [6.07, 6.45) is 0. The molecule has 0 aliphatic rings. The number of anilines is 1. The average molecular weight is 286 g/mol. The number of nitrogen functional groups attached to an aromatic ring is 1. The van der Waals surface area contributed by atoms with E-state index in [0.29, 0.717) is 17.8 Å². The highest BCUT2D eigenvalue weighted by Gasteiger charge is 2.19. The Morgan fingerprint density at radius 3 is 2.94 bits per heavy atom. The zero-order valence-corrected chi connectivity index (χ0v) is 11.6. The minimum absolute atomic E-state index is 0.0455. The predicted molar refractivity (Wildman–Crippen MR) is 72.6 cm³/mol. The molecule has 0 saturated heterocycles. The number of benzene rings is 1. The second kappa shape index (κ2) is 5.21. The van der Waals surface area contributed by atoms with Gasteiger partial charge in [0.05, 0.1) is 22.6 Å². The number of fused-ring (bicyclic) bond motifs is 1. The fourth-order valence-corrected chi connectivity index (χ4v) is 3.98. The molecule has 2 N–H and O–H groups in total. The number of hydrogen-bond acceptors (Lipinski definition) is 6. The van der Waals surface area contributed by atoms with Crippen LogP contribution in [0.4, 0.5) is 5.69 Å². The van der Waals surface area contributed by atoms with Crippen LogP contribution < -0.4 is 5.73 Å². The summed E-state index contributed by atoms with van der Waals surface area (Å²) < 4.78 is 30.0. The number of aromatic nitrogens is 1. The van der Waals surface area contributed by atoms with Gasteiger partial charge in [-0.2, -0.15) is 0 Å². The first-order valence-electron chi connectivity index (χ1n) is 5.49. The third-order valence-electron chi connectivity index (χ3n) is 2.36. The molecule has 0 aliphatic heterocycles. The lowest BCUT2D eigenvalue weighted by Crippen LogP contribution is -2.12. The Kier molecular flexibility index (Phi) is 3.84. The van der Waals surface area contributed by atoms with Crippen LogP contribution in [0, 0.1) is 0 Å². The molecule has 7 heteroatoms. The van der Waals surface area contributed by atoms with Crippen LogP contribution in [0.5, 0.6) is 0 Å². The van der Waals surface area contributed by atoms with Crippen molar-refractivity contribution in [2.75, 3.05) is 24.7 Å². The summed E-state index contributed by atoms with van der Waals surface area (Å²) in [6, 6.07) is 5.16. The Bertz CT molecular complexity index is 649. The van der Waals surface area contributed by atoms with Crippen molar-refractivity contribution in [1.29, 1.82) is 0 Å². The van der Waals surface area contributed by atoms with Crippen molar-refractivity contribution in [2.45, 2.75) is 11.3 Å². The first-order valence-corrected chi connectivity index (χ1v) is 7.96. The van der Waals surface area contributed by atoms with Crippen molar-refractivity contribution in [3.8, 4) is 0 Å². The van der Waals surface area contributed by atoms with E-state index in [1.807, 2.05) is 6.92 Å². The van der Waals surface area contributed by atoms with Gasteiger partial charge in [-0.15, -0.1) is 11.3 Å². The molecule has 0 radical (unpaired) electrons. The van der Waals surface area contributed by atoms with Gasteiger partial charge < -0.3 is 10.5 Å². The quantitative estimate of drug-likeness (QED) is 0.668. The molecule has 1 aromatic heterocycles. The van der Waals surface area contributed by atoms with E-state index in [9.17, 15) is 8.42 Å². The van der Waals surface area contributed by atoms with Crippen molar-refractivity contribution in [2.24, 2.45) is 0 Å². The lowest BCUT2D eigenvalue weighted by molar-refractivity contribution is 0.163. The van der Waals surface area contributed by atoms with Gasteiger partial charge in [0.15, 0.2) is 0 Å². The fraction of sp³-hybridized carbons (Fsp3) is 0.364. The second-order valence-corrected chi connectivity index (χ2v) is 7.04. The first-order chi connectivity index (χ1) is 8.53. The van der Waals surface area contributed by atoms with Crippen LogP contribution in [0.1, 0.15) is 6.92 Å². The number of thiazole rings is 1. The standard InChI is InChI=1S/C11H14N2O3S2/c1-2-16-5-6-18(14,15)11-13-9-4-3-8(12)7-10(9)17-11/h3-4,7H,2,5-6,12H2,1H3. The lowest BCUT2D eigenvalue weighted by Gasteiger charge is -2.00. The van der Waals surface area contributed by atoms with E-state index < -0.39 is 9.84 Å². The number of rotatable bonds is 5. The van der Waals surface area contributed by atoms with E-state index in [1.165, 1.54) is 0 Å². The molecule has 0 bridgehead atoms. The third-order valence-corrected chi connectivity index (χ3v) is 5.51. The smallest absolute Gasteiger partial charge is 0.210 e. The van der Waals surface area contributed by atoms with Crippen LogP contribution in [0.25, 0.3) is 10.2 Å². The Balaban J connectivity index is 2.30. The van der Waals surface area contributed by atoms with Gasteiger partial charge in [-0.25, -0.2) is 13.4 Å². The Hall–Kier alpha value is -1.18. The largest absolute Gasteiger partial charge is 0.399 e. The van der Waals surface area contributed by atoms with Crippen LogP contribution >= 0.6 is 11.3 Å². The molecular formula is C11H14N2O3S2. The van der Waals surface area contributed by atoms with Crippen LogP contribution in [0.2, 0.25) is 0 Å². The molecule has 2 aromatic rings. The molecule has 1 heterocycles. The summed E-state index contributed by atoms with van der Waals surface area (Å²) in [6.45, 7) is 2.52. The molecule has 98 valence electrons. The van der Waals surface area contributed by atoms with Gasteiger partial charge in [-0.1, -0.05) is 0 Å². The number of nitrogens with two attached hydrogens (primary N) is 1. The number of ether oxygens (including phenoxy) is 1. The van der Waals surface area contributed by atoms with Crippen LogP contribution in [-0.2, 0) is 14.6 Å². The molecule has 1 aromatic carbocycles. The molecule has 0 spiro atoms. The summed E-state index contributed by atoms with van der Waals surface area (Å²) in [7, 11) is -3.37. The maximum Gasteiger partial charge on any atom is 0.210 e. The highest BCUT2D eigenvalue weighted by Crippen LogP contribution is 2.27. The van der Waals surface area contributed by atoms with Crippen LogP contribution in [0.15, 0.2) is 22.5 Å². The fourth-order valence-electron chi connectivity index (χ4n) is 1.45. The van der Waals surface area contributed by atoms with Gasteiger partial charge in [-0.3, -0.25) is 0 Å². The number of sulfone groups is 1. The zero-order valence-electron chi connectivity index (χ0n) is 9.92. The Morgan fingerprint density at radius 2 is 2.22 bits per heavy atom. The molecule has 0 fully saturated rings. The van der Waals surface area contributed by atoms with E-state index in [4.69, 9.17) is 10.5 Å². The van der Waals surface area contributed by atoms with E-state index in [-0.39, 0.29) is 16.7 Å². The van der Waals surface area contributed by atoms with Gasteiger partial charge >= 0.3 is 0 Å². The van der Waals surface area contributed by atoms with E-state index >= 15 is 0 Å². The van der Waals surface area contributed by atoms with E-state index in [0.717, 1.165) is 16.0 Å². The van der Waals surface area contributed by atoms with Gasteiger partial charge in [0.1, 0.15) is 0 Å². The topological polar surface area (TPSA) is 82.3 Å². The number of nitrogens with zero attached hydrogens (tertiary/aromatic N) is 1. The summed E-state index contributed by atoms with van der Waals surface area (Å²) in [5, 5.41) is 0. The highest BCUT2D eigenvalue weighted by atomic mass is 32.2. The van der Waals surface area contributed by atoms with E-state index in [2.05, 4.69) is 4.98 Å². The maximum absolute atomic E-state index is 12.0. The normalized spacial score (nSPS) is 12.1. The minimum Gasteiger partial charge on any atom is -0.399 e. The first kappa shape index (κ1) is 13.3. The second-order valence-electron chi connectivity index (χ2n) is 3.72. The minimum atomic E-state index is -3.37. The van der Waals surface area contributed by atoms with Gasteiger partial charge in [0.2, 0.25) is 14.2 Å². The highest BCUT2D eigenvalue weighted by molar-refractivity contribution is 7.93. The van der Waals surface area contributed by atoms with E-state index in [1.54, 1.807) is 18.2 Å².